The van der Waals surface area contributed by atoms with Crippen molar-refractivity contribution < 1.29 is 12.9 Å². The van der Waals surface area contributed by atoms with E-state index in [4.69, 9.17) is 0 Å². The van der Waals surface area contributed by atoms with Gasteiger partial charge in [0.2, 0.25) is 0 Å². The van der Waals surface area contributed by atoms with Crippen molar-refractivity contribution in [2.45, 2.75) is 5.16 Å². The summed E-state index contributed by atoms with van der Waals surface area (Å²) in [5.41, 5.74) is -0.840. The van der Waals surface area contributed by atoms with Crippen LogP contribution in [-0.4, -0.2) is 22.6 Å². The lowest BCUT2D eigenvalue weighted by molar-refractivity contribution is 0.485. The molecule has 1 N–H and O–H groups in total. The quantitative estimate of drug-likeness (QED) is 0.569. The third-order valence-electron chi connectivity index (χ3n) is 0.882. The first-order valence-electron chi connectivity index (χ1n) is 2.91. The molecule has 0 saturated heterocycles. The molecule has 1 rings (SSSR count). The fraction of sp³-hybridized carbons (Fsp3) is 0.250. The predicted octanol–water partition coefficient (Wildman–Crippen LogP) is 1.89. The molecule has 0 aliphatic heterocycles. The van der Waals surface area contributed by atoms with Gasteiger partial charge in [0.1, 0.15) is 0 Å². The second-order valence-corrected chi connectivity index (χ2v) is 2.92. The van der Waals surface area contributed by atoms with E-state index in [-0.39, 0.29) is 0 Å². The molecule has 1 heterocycles. The summed E-state index contributed by atoms with van der Waals surface area (Å²) in [7, 11) is 0. The number of aromatic amines is 1. The number of rotatable bonds is 3. The maximum atomic E-state index is 11.6. The fourth-order valence-electron chi connectivity index (χ4n) is 0.503. The molecule has 1 aromatic heterocycles. The molecule has 0 spiro atoms. The van der Waals surface area contributed by atoms with Gasteiger partial charge in [-0.25, -0.2) is 4.98 Å². The van der Waals surface area contributed by atoms with E-state index in [1.807, 2.05) is 0 Å². The van der Waals surface area contributed by atoms with Gasteiger partial charge in [0, 0.05) is 12.4 Å². The van der Waals surface area contributed by atoms with Gasteiger partial charge in [0.15, 0.2) is 5.16 Å². The summed E-state index contributed by atoms with van der Waals surface area (Å²) in [6, 6.07) is 0. The summed E-state index contributed by atoms with van der Waals surface area (Å²) in [5.74, 6) is 0. The van der Waals surface area contributed by atoms with E-state index < -0.39 is 12.6 Å². The number of nitrogens with one attached hydrogen (secondary N) is 1. The molecule has 2 nitrogen and oxygen atoms in total. The van der Waals surface area contributed by atoms with Crippen molar-refractivity contribution in [3.05, 3.63) is 12.4 Å². The van der Waals surface area contributed by atoms with Crippen molar-refractivity contribution in [1.82, 2.24) is 9.97 Å². The van der Waals surface area contributed by atoms with Gasteiger partial charge in [-0.2, -0.15) is 0 Å². The molecule has 0 atom stereocenters. The van der Waals surface area contributed by atoms with Gasteiger partial charge in [-0.15, -0.1) is 11.8 Å². The molecule has 11 heavy (non-hydrogen) atoms. The number of nitrogens with zero attached hydrogens (tertiary/aromatic N) is 1. The van der Waals surface area contributed by atoms with E-state index in [2.05, 4.69) is 9.97 Å². The Bertz CT molecular complexity index is 210. The van der Waals surface area contributed by atoms with Crippen molar-refractivity contribution in [3.8, 4) is 0 Å². The molecule has 0 unspecified atom stereocenters. The highest BCUT2D eigenvalue weighted by Crippen LogP contribution is 2.20. The van der Waals surface area contributed by atoms with Crippen molar-refractivity contribution in [2.75, 3.05) is 5.65 Å². The molecule has 0 bridgehead atoms. The zero-order valence-corrected chi connectivity index (χ0v) is 6.25. The van der Waals surface area contributed by atoms with Crippen LogP contribution < -0.4 is 0 Å². The Balaban J connectivity index is 2.35. The lowest BCUT2D eigenvalue weighted by Gasteiger charge is -2.10. The number of hydrogen-bond acceptors (Lipinski definition) is 2. The van der Waals surface area contributed by atoms with Crippen LogP contribution in [0.1, 0.15) is 0 Å². The zero-order valence-electron chi connectivity index (χ0n) is 5.43. The van der Waals surface area contributed by atoms with Crippen LogP contribution in [0.5, 0.6) is 0 Å². The second kappa shape index (κ2) is 3.21. The van der Waals surface area contributed by atoms with Gasteiger partial charge in [-0.3, -0.25) is 0 Å². The largest absolute Gasteiger partial charge is 0.488 e. The summed E-state index contributed by atoms with van der Waals surface area (Å²) in [5, 5.41) is 0.309. The molecule has 0 aliphatic carbocycles. The summed E-state index contributed by atoms with van der Waals surface area (Å²) in [6.07, 6.45) is 2.91. The molecule has 0 radical (unpaired) electrons. The number of hydrogen-bond donors (Lipinski definition) is 1. The monoisotopic (exact) mass is 181 g/mol. The standard InChI is InChI=1S/C4H5BF3N2S/c6-5(7,8)3-11-4-9-1-2-10-4/h1-2H,3H2,(H,9,10)/q-1. The lowest BCUT2D eigenvalue weighted by Crippen LogP contribution is -2.19. The average Bonchev–Trinajstić information content (AvgIpc) is 2.32. The number of imidazole rings is 1. The molecule has 0 amide bonds. The highest BCUT2D eigenvalue weighted by molar-refractivity contribution is 8.00. The molecule has 62 valence electrons. The van der Waals surface area contributed by atoms with Crippen LogP contribution in [0.25, 0.3) is 0 Å². The van der Waals surface area contributed by atoms with Crippen molar-refractivity contribution >= 4 is 18.7 Å². The van der Waals surface area contributed by atoms with Crippen molar-refractivity contribution in [3.63, 3.8) is 0 Å². The van der Waals surface area contributed by atoms with Gasteiger partial charge in [-0.1, -0.05) is 0 Å². The second-order valence-electron chi connectivity index (χ2n) is 1.92. The Morgan fingerprint density at radius 3 is 2.73 bits per heavy atom. The molecular formula is C4H5BF3N2S-. The molecule has 7 heteroatoms. The molecule has 0 aromatic carbocycles. The van der Waals surface area contributed by atoms with E-state index >= 15 is 0 Å². The van der Waals surface area contributed by atoms with Gasteiger partial charge in [0.25, 0.3) is 0 Å². The Morgan fingerprint density at radius 1 is 1.55 bits per heavy atom. The minimum atomic E-state index is -4.70. The van der Waals surface area contributed by atoms with E-state index in [0.29, 0.717) is 16.9 Å². The van der Waals surface area contributed by atoms with Crippen molar-refractivity contribution in [2.24, 2.45) is 0 Å². The third-order valence-corrected chi connectivity index (χ3v) is 1.92. The Hall–Kier alpha value is -0.585. The lowest BCUT2D eigenvalue weighted by atomic mass is 9.98. The van der Waals surface area contributed by atoms with Gasteiger partial charge >= 0.3 is 6.98 Å². The summed E-state index contributed by atoms with van der Waals surface area (Å²) >= 11 is 0.670. The Kier molecular flexibility index (Phi) is 2.48. The zero-order chi connectivity index (χ0) is 8.32. The first-order chi connectivity index (χ1) is 5.08. The molecule has 0 saturated carbocycles. The molecular weight excluding hydrogens is 176 g/mol. The van der Waals surface area contributed by atoms with Crippen LogP contribution in [0.4, 0.5) is 12.9 Å². The van der Waals surface area contributed by atoms with Crippen LogP contribution in [0.3, 0.4) is 0 Å². The molecule has 0 fully saturated rings. The van der Waals surface area contributed by atoms with E-state index in [1.165, 1.54) is 12.4 Å². The van der Waals surface area contributed by atoms with Crippen LogP contribution in [-0.2, 0) is 0 Å². The average molecular weight is 181 g/mol. The summed E-state index contributed by atoms with van der Waals surface area (Å²) < 4.78 is 34.9. The smallest absolute Gasteiger partial charge is 0.448 e. The topological polar surface area (TPSA) is 28.7 Å². The number of H-pyrrole nitrogens is 1. The van der Waals surface area contributed by atoms with Crippen LogP contribution in [0, 0.1) is 0 Å². The molecule has 1 aromatic rings. The van der Waals surface area contributed by atoms with Gasteiger partial charge in [-0.05, 0) is 5.65 Å². The minimum Gasteiger partial charge on any atom is -0.448 e. The Morgan fingerprint density at radius 2 is 2.27 bits per heavy atom. The Labute approximate surface area is 65.7 Å². The number of aromatic nitrogens is 2. The third kappa shape index (κ3) is 3.36. The minimum absolute atomic E-state index is 0.309. The first kappa shape index (κ1) is 8.51. The summed E-state index contributed by atoms with van der Waals surface area (Å²) in [4.78, 5) is 6.21. The number of thioether (sulfide) groups is 1. The maximum absolute atomic E-state index is 11.6. The van der Waals surface area contributed by atoms with Crippen LogP contribution in [0.2, 0.25) is 0 Å². The molecule has 0 aliphatic rings. The van der Waals surface area contributed by atoms with Crippen LogP contribution >= 0.6 is 11.8 Å². The van der Waals surface area contributed by atoms with Gasteiger partial charge in [0.05, 0.1) is 0 Å². The maximum Gasteiger partial charge on any atom is 0.488 e. The van der Waals surface area contributed by atoms with Crippen LogP contribution in [0.15, 0.2) is 17.6 Å². The van der Waals surface area contributed by atoms with E-state index in [1.54, 1.807) is 0 Å². The highest BCUT2D eigenvalue weighted by atomic mass is 32.2. The number of halogens is 3. The van der Waals surface area contributed by atoms with E-state index in [0.717, 1.165) is 0 Å². The van der Waals surface area contributed by atoms with E-state index in [9.17, 15) is 12.9 Å². The van der Waals surface area contributed by atoms with Gasteiger partial charge < -0.3 is 17.9 Å². The first-order valence-corrected chi connectivity index (χ1v) is 3.90. The predicted molar refractivity (Wildman–Crippen MR) is 38.4 cm³/mol. The fourth-order valence-corrected chi connectivity index (χ4v) is 1.14. The normalized spacial score (nSPS) is 11.9. The summed E-state index contributed by atoms with van der Waals surface area (Å²) in [6.45, 7) is -4.70. The van der Waals surface area contributed by atoms with Crippen molar-refractivity contribution in [1.29, 1.82) is 0 Å². The SMILES string of the molecule is F[B-](F)(F)CSc1ncc[nH]1. The highest BCUT2D eigenvalue weighted by Gasteiger charge is 2.23.